The molecule has 0 bridgehead atoms. The second-order valence-corrected chi connectivity index (χ2v) is 8.53. The van der Waals surface area contributed by atoms with Gasteiger partial charge in [-0.2, -0.15) is 0 Å². The van der Waals surface area contributed by atoms with Crippen LogP contribution in [0.4, 0.5) is 0 Å². The summed E-state index contributed by atoms with van der Waals surface area (Å²) in [5.74, 6) is -3.26. The van der Waals surface area contributed by atoms with Crippen LogP contribution in [0.15, 0.2) is 0 Å². The first-order valence-electron chi connectivity index (χ1n) is 12.1. The van der Waals surface area contributed by atoms with Crippen molar-refractivity contribution >= 4 is 11.8 Å². The molecule has 0 aliphatic rings. The van der Waals surface area contributed by atoms with Crippen LogP contribution in [0.25, 0.3) is 0 Å². The average molecular weight is 415 g/mol. The maximum atomic E-state index is 12.3. The molecule has 0 aromatic carbocycles. The Morgan fingerprint density at radius 2 is 1.07 bits per heavy atom. The van der Waals surface area contributed by atoms with Crippen LogP contribution in [0.1, 0.15) is 123 Å². The lowest BCUT2D eigenvalue weighted by atomic mass is 9.89. The number of ketones is 1. The van der Waals surface area contributed by atoms with Crippen molar-refractivity contribution in [3.8, 4) is 0 Å². The predicted molar refractivity (Wildman–Crippen MR) is 118 cm³/mol. The summed E-state index contributed by atoms with van der Waals surface area (Å²) >= 11 is 0. The van der Waals surface area contributed by atoms with Gasteiger partial charge in [-0.3, -0.25) is 9.59 Å². The van der Waals surface area contributed by atoms with Crippen LogP contribution in [-0.2, 0) is 9.59 Å². The first-order chi connectivity index (χ1) is 13.9. The molecule has 5 heteroatoms. The summed E-state index contributed by atoms with van der Waals surface area (Å²) < 4.78 is 0. The Labute approximate surface area is 178 Å². The maximum absolute atomic E-state index is 12.3. The Bertz CT molecular complexity index is 410. The Morgan fingerprint density at radius 1 is 0.655 bits per heavy atom. The molecule has 0 saturated carbocycles. The van der Waals surface area contributed by atoms with Gasteiger partial charge in [0.15, 0.2) is 5.78 Å². The SMILES string of the molecule is CCCCCCCCCCCC(O)C(C(=O)O)C(=O)CC(O)CCCCCCC. The molecule has 0 heterocycles. The van der Waals surface area contributed by atoms with E-state index in [1.54, 1.807) is 0 Å². The highest BCUT2D eigenvalue weighted by molar-refractivity contribution is 5.99. The third-order valence-corrected chi connectivity index (χ3v) is 5.68. The molecule has 0 aliphatic heterocycles. The molecular weight excluding hydrogens is 368 g/mol. The summed E-state index contributed by atoms with van der Waals surface area (Å²) in [5, 5.41) is 29.7. The fraction of sp³-hybridized carbons (Fsp3) is 0.917. The first kappa shape index (κ1) is 28.1. The van der Waals surface area contributed by atoms with Crippen LogP contribution in [-0.4, -0.2) is 39.3 Å². The van der Waals surface area contributed by atoms with Crippen LogP contribution in [0.2, 0.25) is 0 Å². The summed E-state index contributed by atoms with van der Waals surface area (Å²) in [6.45, 7) is 4.34. The van der Waals surface area contributed by atoms with Gasteiger partial charge < -0.3 is 15.3 Å². The molecule has 0 radical (unpaired) electrons. The van der Waals surface area contributed by atoms with E-state index in [-0.39, 0.29) is 6.42 Å². The van der Waals surface area contributed by atoms with Gasteiger partial charge in [0.05, 0.1) is 12.2 Å². The third-order valence-electron chi connectivity index (χ3n) is 5.68. The second-order valence-electron chi connectivity index (χ2n) is 8.53. The van der Waals surface area contributed by atoms with Crippen LogP contribution < -0.4 is 0 Å². The first-order valence-corrected chi connectivity index (χ1v) is 12.1. The highest BCUT2D eigenvalue weighted by Crippen LogP contribution is 2.19. The summed E-state index contributed by atoms with van der Waals surface area (Å²) in [4.78, 5) is 23.8. The number of carboxylic acids is 1. The van der Waals surface area contributed by atoms with Gasteiger partial charge in [0.2, 0.25) is 0 Å². The van der Waals surface area contributed by atoms with Gasteiger partial charge in [0, 0.05) is 6.42 Å². The molecule has 0 aromatic heterocycles. The lowest BCUT2D eigenvalue weighted by Gasteiger charge is -2.19. The topological polar surface area (TPSA) is 94.8 Å². The summed E-state index contributed by atoms with van der Waals surface area (Å²) in [6.07, 6.45) is 14.2. The van der Waals surface area contributed by atoms with E-state index >= 15 is 0 Å². The average Bonchev–Trinajstić information content (AvgIpc) is 2.66. The number of carbonyl (C=O) groups excluding carboxylic acids is 1. The Hall–Kier alpha value is -0.940. The quantitative estimate of drug-likeness (QED) is 0.167. The fourth-order valence-electron chi connectivity index (χ4n) is 3.79. The zero-order valence-electron chi connectivity index (χ0n) is 18.9. The summed E-state index contributed by atoms with van der Waals surface area (Å²) in [7, 11) is 0. The minimum Gasteiger partial charge on any atom is -0.481 e. The summed E-state index contributed by atoms with van der Waals surface area (Å²) in [6, 6.07) is 0. The number of carbonyl (C=O) groups is 2. The molecular formula is C24H46O5. The van der Waals surface area contributed by atoms with Crippen molar-refractivity contribution in [1.29, 1.82) is 0 Å². The number of hydrogen-bond donors (Lipinski definition) is 3. The molecule has 29 heavy (non-hydrogen) atoms. The van der Waals surface area contributed by atoms with Crippen molar-refractivity contribution in [2.45, 2.75) is 135 Å². The monoisotopic (exact) mass is 414 g/mol. The highest BCUT2D eigenvalue weighted by atomic mass is 16.4. The van der Waals surface area contributed by atoms with E-state index in [1.807, 2.05) is 0 Å². The van der Waals surface area contributed by atoms with Crippen LogP contribution in [0, 0.1) is 5.92 Å². The molecule has 0 saturated heterocycles. The zero-order chi connectivity index (χ0) is 21.9. The standard InChI is InChI=1S/C24H46O5/c1-3-5-7-9-10-11-12-14-16-18-21(26)23(24(28)29)22(27)19-20(25)17-15-13-8-6-4-2/h20-21,23,25-26H,3-19H2,1-2H3,(H,28,29). The van der Waals surface area contributed by atoms with Gasteiger partial charge in [0.25, 0.3) is 0 Å². The van der Waals surface area contributed by atoms with Crippen LogP contribution in [0.3, 0.4) is 0 Å². The largest absolute Gasteiger partial charge is 0.481 e. The molecule has 0 rings (SSSR count). The van der Waals surface area contributed by atoms with E-state index in [4.69, 9.17) is 0 Å². The van der Waals surface area contributed by atoms with Gasteiger partial charge in [-0.05, 0) is 12.8 Å². The van der Waals surface area contributed by atoms with Crippen LogP contribution >= 0.6 is 0 Å². The predicted octanol–water partition coefficient (Wildman–Crippen LogP) is 5.65. The van der Waals surface area contributed by atoms with E-state index in [9.17, 15) is 24.9 Å². The molecule has 0 aliphatic carbocycles. The minimum atomic E-state index is -1.42. The van der Waals surface area contributed by atoms with Crippen molar-refractivity contribution in [1.82, 2.24) is 0 Å². The van der Waals surface area contributed by atoms with Gasteiger partial charge in [-0.1, -0.05) is 104 Å². The van der Waals surface area contributed by atoms with E-state index in [2.05, 4.69) is 13.8 Å². The van der Waals surface area contributed by atoms with Gasteiger partial charge in [-0.15, -0.1) is 0 Å². The maximum Gasteiger partial charge on any atom is 0.316 e. The number of Topliss-reactive ketones (excluding diaryl/α,β-unsaturated/α-hetero) is 1. The molecule has 3 N–H and O–H groups in total. The van der Waals surface area contributed by atoms with Crippen molar-refractivity contribution in [2.24, 2.45) is 5.92 Å². The Morgan fingerprint density at radius 3 is 1.52 bits per heavy atom. The number of unbranched alkanes of at least 4 members (excludes halogenated alkanes) is 12. The van der Waals surface area contributed by atoms with Gasteiger partial charge in [0.1, 0.15) is 5.92 Å². The smallest absolute Gasteiger partial charge is 0.316 e. The minimum absolute atomic E-state index is 0.181. The zero-order valence-corrected chi connectivity index (χ0v) is 18.9. The summed E-state index contributed by atoms with van der Waals surface area (Å²) in [5.41, 5.74) is 0. The molecule has 0 spiro atoms. The number of aliphatic carboxylic acids is 1. The lowest BCUT2D eigenvalue weighted by Crippen LogP contribution is -2.36. The molecule has 3 unspecified atom stereocenters. The number of hydrogen-bond acceptors (Lipinski definition) is 4. The Balaban J connectivity index is 4.07. The molecule has 0 fully saturated rings. The third kappa shape index (κ3) is 15.5. The van der Waals surface area contributed by atoms with Crippen molar-refractivity contribution < 1.29 is 24.9 Å². The lowest BCUT2D eigenvalue weighted by molar-refractivity contribution is -0.151. The van der Waals surface area contributed by atoms with E-state index in [0.717, 1.165) is 44.9 Å². The normalized spacial score (nSPS) is 14.5. The van der Waals surface area contributed by atoms with Crippen molar-refractivity contribution in [3.63, 3.8) is 0 Å². The number of rotatable bonds is 21. The molecule has 0 aromatic rings. The van der Waals surface area contributed by atoms with E-state index in [1.165, 1.54) is 44.9 Å². The van der Waals surface area contributed by atoms with Gasteiger partial charge >= 0.3 is 5.97 Å². The fourth-order valence-corrected chi connectivity index (χ4v) is 3.79. The van der Waals surface area contributed by atoms with Crippen molar-refractivity contribution in [2.75, 3.05) is 0 Å². The van der Waals surface area contributed by atoms with Crippen molar-refractivity contribution in [3.05, 3.63) is 0 Å². The Kier molecular flexibility index (Phi) is 18.4. The van der Waals surface area contributed by atoms with Crippen LogP contribution in [0.5, 0.6) is 0 Å². The molecule has 0 amide bonds. The second kappa shape index (κ2) is 19.0. The van der Waals surface area contributed by atoms with E-state index in [0.29, 0.717) is 12.8 Å². The molecule has 172 valence electrons. The number of aliphatic hydroxyl groups excluding tert-OH is 2. The molecule has 3 atom stereocenters. The molecule has 5 nitrogen and oxygen atoms in total. The highest BCUT2D eigenvalue weighted by Gasteiger charge is 2.33. The number of aliphatic hydroxyl groups is 2. The number of carboxylic acid groups (broad SMARTS) is 1. The van der Waals surface area contributed by atoms with E-state index < -0.39 is 29.9 Å². The van der Waals surface area contributed by atoms with Gasteiger partial charge in [-0.25, -0.2) is 0 Å².